The Balaban J connectivity index is 4.50. The molecule has 0 bridgehead atoms. The Morgan fingerprint density at radius 2 is 1.04 bits per heavy atom. The summed E-state index contributed by atoms with van der Waals surface area (Å²) in [5, 5.41) is 23.6. The van der Waals surface area contributed by atoms with Crippen molar-refractivity contribution < 1.29 is 24.5 Å². The van der Waals surface area contributed by atoms with Crippen molar-refractivity contribution in [1.29, 1.82) is 0 Å². The van der Waals surface area contributed by atoms with Gasteiger partial charge in [-0.1, -0.05) is 179 Å². The van der Waals surface area contributed by atoms with Gasteiger partial charge in [0.05, 0.1) is 25.2 Å². The smallest absolute Gasteiger partial charge is 0.306 e. The summed E-state index contributed by atoms with van der Waals surface area (Å²) >= 11 is 0. The number of nitrogens with one attached hydrogen (secondary N) is 1. The van der Waals surface area contributed by atoms with Gasteiger partial charge in [-0.2, -0.15) is 0 Å². The lowest BCUT2D eigenvalue weighted by molar-refractivity contribution is -0.151. The van der Waals surface area contributed by atoms with Crippen molar-refractivity contribution in [1.82, 2.24) is 5.32 Å². The highest BCUT2D eigenvalue weighted by atomic mass is 16.5. The molecule has 0 rings (SSSR count). The van der Waals surface area contributed by atoms with Crippen LogP contribution < -0.4 is 5.32 Å². The van der Waals surface area contributed by atoms with Crippen LogP contribution in [0.4, 0.5) is 0 Å². The summed E-state index contributed by atoms with van der Waals surface area (Å²) in [6, 6.07) is -0.706. The molecule has 6 nitrogen and oxygen atoms in total. The average Bonchev–Trinajstić information content (AvgIpc) is 3.16. The summed E-state index contributed by atoms with van der Waals surface area (Å²) in [6.45, 7) is 6.27. The predicted octanol–water partition coefficient (Wildman–Crippen LogP) is 13.1. The highest BCUT2D eigenvalue weighted by Crippen LogP contribution is 2.17. The summed E-state index contributed by atoms with van der Waals surface area (Å²) in [4.78, 5) is 25.9. The molecule has 0 aromatic rings. The van der Waals surface area contributed by atoms with Crippen molar-refractivity contribution in [3.05, 3.63) is 48.6 Å². The third kappa shape index (κ3) is 36.8. The first-order valence-corrected chi connectivity index (χ1v) is 22.9. The monoisotopic (exact) mass is 758 g/mol. The molecule has 54 heavy (non-hydrogen) atoms. The summed E-state index contributed by atoms with van der Waals surface area (Å²) in [5.41, 5.74) is 0. The number of unbranched alkanes of at least 4 members (excludes halogenated alkanes) is 20. The van der Waals surface area contributed by atoms with Crippen LogP contribution in [0.15, 0.2) is 48.6 Å². The molecule has 3 atom stereocenters. The molecular formula is C48H87NO5. The van der Waals surface area contributed by atoms with Crippen LogP contribution in [0.25, 0.3) is 0 Å². The van der Waals surface area contributed by atoms with Crippen LogP contribution in [0.1, 0.15) is 220 Å². The van der Waals surface area contributed by atoms with Gasteiger partial charge in [-0.15, -0.1) is 0 Å². The summed E-state index contributed by atoms with van der Waals surface area (Å²) in [5.74, 6) is -0.510. The highest BCUT2D eigenvalue weighted by Gasteiger charge is 2.24. The lowest BCUT2D eigenvalue weighted by atomic mass is 10.0. The molecule has 0 aliphatic rings. The Labute approximate surface area is 334 Å². The molecule has 0 aliphatic heterocycles. The molecule has 0 aromatic heterocycles. The van der Waals surface area contributed by atoms with E-state index in [4.69, 9.17) is 4.74 Å². The van der Waals surface area contributed by atoms with E-state index in [0.717, 1.165) is 103 Å². The standard InChI is InChI=1S/C48H87NO5/c1-4-7-10-13-16-19-21-22-23-24-25-27-29-32-35-38-41-48(53)54-44(39-36-33-30-18-15-12-9-6-3)42-47(52)49-45(43-50)46(51)40-37-34-31-28-26-20-17-14-11-8-5-2/h7,10,12,15-16,19,22-23,44-46,50-51H,4-6,8-9,11,13-14,17-18,20-21,24-43H2,1-3H3,(H,49,52)/b10-7+,15-12-,19-16+,23-22+. The minimum atomic E-state index is -0.791. The van der Waals surface area contributed by atoms with Crippen LogP contribution in [-0.2, 0) is 14.3 Å². The molecule has 0 saturated carbocycles. The van der Waals surface area contributed by atoms with Gasteiger partial charge >= 0.3 is 5.97 Å². The van der Waals surface area contributed by atoms with E-state index < -0.39 is 18.2 Å². The number of carbonyl (C=O) groups excluding carboxylic acids is 2. The summed E-state index contributed by atoms with van der Waals surface area (Å²) in [7, 11) is 0. The Bertz CT molecular complexity index is 941. The van der Waals surface area contributed by atoms with E-state index in [1.54, 1.807) is 0 Å². The second-order valence-corrected chi connectivity index (χ2v) is 15.4. The fourth-order valence-corrected chi connectivity index (χ4v) is 6.68. The van der Waals surface area contributed by atoms with Crippen molar-refractivity contribution in [2.75, 3.05) is 6.61 Å². The van der Waals surface area contributed by atoms with Crippen molar-refractivity contribution in [2.45, 2.75) is 238 Å². The quantitative estimate of drug-likeness (QED) is 0.0329. The van der Waals surface area contributed by atoms with Gasteiger partial charge in [0.15, 0.2) is 0 Å². The number of hydrogen-bond donors (Lipinski definition) is 3. The Morgan fingerprint density at radius 1 is 0.556 bits per heavy atom. The first kappa shape index (κ1) is 51.8. The molecule has 1 amide bonds. The number of carbonyl (C=O) groups is 2. The van der Waals surface area contributed by atoms with Crippen molar-refractivity contribution in [2.24, 2.45) is 0 Å². The Kier molecular flexibility index (Phi) is 40.3. The number of amides is 1. The minimum absolute atomic E-state index is 0.0604. The van der Waals surface area contributed by atoms with Crippen molar-refractivity contribution in [3.63, 3.8) is 0 Å². The van der Waals surface area contributed by atoms with E-state index in [1.807, 2.05) is 0 Å². The van der Waals surface area contributed by atoms with E-state index in [9.17, 15) is 19.8 Å². The normalized spacial score (nSPS) is 13.8. The van der Waals surface area contributed by atoms with E-state index in [1.165, 1.54) is 70.6 Å². The molecule has 3 unspecified atom stereocenters. The Morgan fingerprint density at radius 3 is 1.63 bits per heavy atom. The van der Waals surface area contributed by atoms with E-state index in [-0.39, 0.29) is 24.9 Å². The molecule has 6 heteroatoms. The fraction of sp³-hybridized carbons (Fsp3) is 0.792. The second-order valence-electron chi connectivity index (χ2n) is 15.4. The van der Waals surface area contributed by atoms with Crippen molar-refractivity contribution >= 4 is 11.9 Å². The van der Waals surface area contributed by atoms with Gasteiger partial charge in [-0.25, -0.2) is 0 Å². The maximum Gasteiger partial charge on any atom is 0.306 e. The van der Waals surface area contributed by atoms with Gasteiger partial charge in [0.2, 0.25) is 5.91 Å². The zero-order valence-electron chi connectivity index (χ0n) is 35.6. The summed E-state index contributed by atoms with van der Waals surface area (Å²) in [6.07, 6.45) is 48.9. The van der Waals surface area contributed by atoms with Crippen LogP contribution in [0.2, 0.25) is 0 Å². The molecule has 0 fully saturated rings. The average molecular weight is 758 g/mol. The maximum absolute atomic E-state index is 13.1. The first-order valence-electron chi connectivity index (χ1n) is 22.9. The molecule has 0 spiro atoms. The van der Waals surface area contributed by atoms with Gasteiger partial charge in [0, 0.05) is 6.42 Å². The molecule has 314 valence electrons. The number of esters is 1. The van der Waals surface area contributed by atoms with Crippen LogP contribution >= 0.6 is 0 Å². The summed E-state index contributed by atoms with van der Waals surface area (Å²) < 4.78 is 5.87. The zero-order chi connectivity index (χ0) is 39.6. The zero-order valence-corrected chi connectivity index (χ0v) is 35.6. The van der Waals surface area contributed by atoms with E-state index in [0.29, 0.717) is 19.3 Å². The van der Waals surface area contributed by atoms with Gasteiger partial charge in [0.1, 0.15) is 6.10 Å². The SMILES string of the molecule is CC/C=C/C/C=C/C/C=C/CCCCCCCCC(=O)OC(CCCCC/C=C\CCC)CC(=O)NC(CO)C(O)CCCCCCCCCCCCC. The third-order valence-corrected chi connectivity index (χ3v) is 10.1. The highest BCUT2D eigenvalue weighted by molar-refractivity contribution is 5.77. The van der Waals surface area contributed by atoms with E-state index in [2.05, 4.69) is 74.7 Å². The van der Waals surface area contributed by atoms with Crippen LogP contribution in [-0.4, -0.2) is 46.9 Å². The molecular weight excluding hydrogens is 671 g/mol. The van der Waals surface area contributed by atoms with E-state index >= 15 is 0 Å². The number of ether oxygens (including phenoxy) is 1. The maximum atomic E-state index is 13.1. The van der Waals surface area contributed by atoms with Crippen LogP contribution in [0, 0.1) is 0 Å². The van der Waals surface area contributed by atoms with Gasteiger partial charge in [-0.3, -0.25) is 9.59 Å². The number of aliphatic hydroxyl groups excluding tert-OH is 2. The minimum Gasteiger partial charge on any atom is -0.462 e. The van der Waals surface area contributed by atoms with Gasteiger partial charge < -0.3 is 20.3 Å². The number of rotatable bonds is 40. The largest absolute Gasteiger partial charge is 0.462 e. The molecule has 3 N–H and O–H groups in total. The van der Waals surface area contributed by atoms with Gasteiger partial charge in [-0.05, 0) is 77.0 Å². The molecule has 0 heterocycles. The number of aliphatic hydroxyl groups is 2. The topological polar surface area (TPSA) is 95.9 Å². The molecule has 0 radical (unpaired) electrons. The molecule has 0 saturated heterocycles. The third-order valence-electron chi connectivity index (χ3n) is 10.1. The second kappa shape index (κ2) is 42.0. The number of hydrogen-bond acceptors (Lipinski definition) is 5. The lowest BCUT2D eigenvalue weighted by Gasteiger charge is -2.24. The fourth-order valence-electron chi connectivity index (χ4n) is 6.68. The van der Waals surface area contributed by atoms with Gasteiger partial charge in [0.25, 0.3) is 0 Å². The first-order chi connectivity index (χ1) is 26.5. The van der Waals surface area contributed by atoms with Crippen LogP contribution in [0.5, 0.6) is 0 Å². The molecule has 0 aromatic carbocycles. The van der Waals surface area contributed by atoms with Crippen molar-refractivity contribution in [3.8, 4) is 0 Å². The van der Waals surface area contributed by atoms with Crippen LogP contribution in [0.3, 0.4) is 0 Å². The number of allylic oxidation sites excluding steroid dienone is 8. The molecule has 0 aliphatic carbocycles. The Hall–Kier alpha value is -2.18. The lowest BCUT2D eigenvalue weighted by Crippen LogP contribution is -2.46. The predicted molar refractivity (Wildman–Crippen MR) is 232 cm³/mol.